The minimum Gasteiger partial charge on any atom is -0.345 e. The van der Waals surface area contributed by atoms with E-state index in [1.165, 1.54) is 35.6 Å². The molecule has 0 radical (unpaired) electrons. The first-order valence-corrected chi connectivity index (χ1v) is 14.6. The Hall–Kier alpha value is -3.09. The van der Waals surface area contributed by atoms with E-state index < -0.39 is 14.9 Å². The molecule has 3 heterocycles. The van der Waals surface area contributed by atoms with Crippen molar-refractivity contribution < 1.29 is 18.1 Å². The molecule has 1 aromatic heterocycles. The lowest BCUT2D eigenvalue weighted by Crippen LogP contribution is -2.48. The number of anilines is 1. The highest BCUT2D eigenvalue weighted by atomic mass is 32.2. The number of carbonyl (C=O) groups excluding carboxylic acids is 1. The number of piperidine rings is 1. The number of carbonyl (C=O) groups is 1. The largest absolute Gasteiger partial charge is 0.345 e. The number of hydrogen-bond donors (Lipinski definition) is 0. The zero-order valence-corrected chi connectivity index (χ0v) is 22.4. The molecule has 196 valence electrons. The number of hydrogen-bond acceptors (Lipinski definition) is 8. The molecule has 2 saturated heterocycles. The Bertz CT molecular complexity index is 1420. The minimum absolute atomic E-state index is 0.0389. The minimum atomic E-state index is -3.59. The molecule has 0 bridgehead atoms. The molecule has 0 spiro atoms. The summed E-state index contributed by atoms with van der Waals surface area (Å²) in [5.74, 6) is 0.502. The van der Waals surface area contributed by atoms with Crippen LogP contribution in [0.15, 0.2) is 47.4 Å². The summed E-state index contributed by atoms with van der Waals surface area (Å²) in [6.07, 6.45) is 1.02. The van der Waals surface area contributed by atoms with E-state index >= 15 is 0 Å². The molecule has 0 saturated carbocycles. The molecule has 10 nitrogen and oxygen atoms in total. The third-order valence-electron chi connectivity index (χ3n) is 6.98. The van der Waals surface area contributed by atoms with Gasteiger partial charge in [-0.3, -0.25) is 14.9 Å². The van der Waals surface area contributed by atoms with Crippen LogP contribution in [-0.4, -0.2) is 72.7 Å². The Kier molecular flexibility index (Phi) is 6.90. The van der Waals surface area contributed by atoms with Crippen molar-refractivity contribution in [3.63, 3.8) is 0 Å². The normalized spacial score (nSPS) is 21.4. The van der Waals surface area contributed by atoms with Gasteiger partial charge in [0.2, 0.25) is 10.0 Å². The van der Waals surface area contributed by atoms with Gasteiger partial charge in [-0.05, 0) is 48.6 Å². The summed E-state index contributed by atoms with van der Waals surface area (Å²) in [6, 6.07) is 10.9. The van der Waals surface area contributed by atoms with Crippen molar-refractivity contribution in [1.82, 2.24) is 14.2 Å². The van der Waals surface area contributed by atoms with Gasteiger partial charge >= 0.3 is 0 Å². The molecular formula is C25H29N5O5S2. The lowest BCUT2D eigenvalue weighted by molar-refractivity contribution is -0.384. The molecular weight excluding hydrogens is 514 g/mol. The summed E-state index contributed by atoms with van der Waals surface area (Å²) in [5, 5.41) is 11.8. The van der Waals surface area contributed by atoms with Gasteiger partial charge in [-0.2, -0.15) is 4.31 Å². The number of sulfonamides is 1. The summed E-state index contributed by atoms with van der Waals surface area (Å²) < 4.78 is 28.6. The van der Waals surface area contributed by atoms with Crippen molar-refractivity contribution in [1.29, 1.82) is 0 Å². The first-order chi connectivity index (χ1) is 17.6. The van der Waals surface area contributed by atoms with Gasteiger partial charge in [0.05, 0.1) is 20.0 Å². The first-order valence-electron chi connectivity index (χ1n) is 12.3. The Morgan fingerprint density at radius 2 is 1.68 bits per heavy atom. The quantitative estimate of drug-likeness (QED) is 0.355. The van der Waals surface area contributed by atoms with Crippen molar-refractivity contribution in [2.24, 2.45) is 11.8 Å². The maximum absolute atomic E-state index is 13.1. The van der Waals surface area contributed by atoms with E-state index in [1.807, 2.05) is 0 Å². The van der Waals surface area contributed by atoms with E-state index in [1.54, 1.807) is 27.4 Å². The van der Waals surface area contributed by atoms with E-state index in [2.05, 4.69) is 23.7 Å². The van der Waals surface area contributed by atoms with Crippen LogP contribution in [-0.2, 0) is 10.0 Å². The molecule has 2 atom stereocenters. The van der Waals surface area contributed by atoms with Gasteiger partial charge in [-0.1, -0.05) is 25.2 Å². The Labute approximate surface area is 219 Å². The third kappa shape index (κ3) is 5.18. The number of nitro groups is 1. The van der Waals surface area contributed by atoms with Crippen LogP contribution >= 0.6 is 11.3 Å². The lowest BCUT2D eigenvalue weighted by atomic mass is 9.94. The predicted octanol–water partition coefficient (Wildman–Crippen LogP) is 3.83. The van der Waals surface area contributed by atoms with Crippen LogP contribution < -0.4 is 4.90 Å². The average molecular weight is 544 g/mol. The van der Waals surface area contributed by atoms with Crippen LogP contribution in [0.2, 0.25) is 0 Å². The van der Waals surface area contributed by atoms with Crippen molar-refractivity contribution in [3.05, 3.63) is 58.1 Å². The zero-order valence-electron chi connectivity index (χ0n) is 20.7. The summed E-state index contributed by atoms with van der Waals surface area (Å²) in [4.78, 5) is 32.4. The SMILES string of the molecule is CC1CC(C)CN(S(=O)(=O)c2ccc(C(=O)N3CCN(c4nc5ccc([N+](=O)[O-])cc5s4)CC3)cc2)C1. The van der Waals surface area contributed by atoms with Gasteiger partial charge in [0.25, 0.3) is 11.6 Å². The molecule has 1 amide bonds. The number of amides is 1. The molecule has 12 heteroatoms. The third-order valence-corrected chi connectivity index (χ3v) is 9.91. The number of aromatic nitrogens is 1. The number of nitrogens with zero attached hydrogens (tertiary/aromatic N) is 5. The number of fused-ring (bicyclic) bond motifs is 1. The zero-order chi connectivity index (χ0) is 26.3. The molecule has 0 aliphatic carbocycles. The van der Waals surface area contributed by atoms with E-state index in [-0.39, 0.29) is 16.5 Å². The van der Waals surface area contributed by atoms with Gasteiger partial charge in [0.1, 0.15) is 0 Å². The highest BCUT2D eigenvalue weighted by Gasteiger charge is 2.32. The maximum atomic E-state index is 13.1. The highest BCUT2D eigenvalue weighted by molar-refractivity contribution is 7.89. The molecule has 2 aliphatic heterocycles. The molecule has 2 aromatic carbocycles. The van der Waals surface area contributed by atoms with E-state index in [9.17, 15) is 23.3 Å². The van der Waals surface area contributed by atoms with Crippen LogP contribution in [0.3, 0.4) is 0 Å². The van der Waals surface area contributed by atoms with Crippen LogP contribution in [0.1, 0.15) is 30.6 Å². The monoisotopic (exact) mass is 543 g/mol. The van der Waals surface area contributed by atoms with Crippen molar-refractivity contribution >= 4 is 48.3 Å². The topological polar surface area (TPSA) is 117 Å². The number of benzene rings is 2. The molecule has 2 fully saturated rings. The van der Waals surface area contributed by atoms with Crippen molar-refractivity contribution in [2.75, 3.05) is 44.2 Å². The fourth-order valence-electron chi connectivity index (χ4n) is 5.15. The summed E-state index contributed by atoms with van der Waals surface area (Å²) in [6.45, 7) is 7.35. The smallest absolute Gasteiger partial charge is 0.270 e. The van der Waals surface area contributed by atoms with Gasteiger partial charge in [0.15, 0.2) is 5.13 Å². The molecule has 2 unspecified atom stereocenters. The number of piperazine rings is 1. The molecule has 0 N–H and O–H groups in total. The Morgan fingerprint density at radius 1 is 1.03 bits per heavy atom. The van der Waals surface area contributed by atoms with Gasteiger partial charge < -0.3 is 9.80 Å². The van der Waals surface area contributed by atoms with Crippen LogP contribution in [0.4, 0.5) is 10.8 Å². The predicted molar refractivity (Wildman–Crippen MR) is 143 cm³/mol. The van der Waals surface area contributed by atoms with Crippen LogP contribution in [0.25, 0.3) is 10.2 Å². The number of thiazole rings is 1. The van der Waals surface area contributed by atoms with Crippen LogP contribution in [0.5, 0.6) is 0 Å². The number of nitro benzene ring substituents is 1. The molecule has 3 aromatic rings. The first kappa shape index (κ1) is 25.6. The average Bonchev–Trinajstić information content (AvgIpc) is 3.31. The highest BCUT2D eigenvalue weighted by Crippen LogP contribution is 2.32. The Balaban J connectivity index is 1.23. The standard InChI is InChI=1S/C25H29N5O5S2/c1-17-13-18(2)16-29(15-17)37(34,35)21-6-3-19(4-7-21)24(31)27-9-11-28(12-10-27)25-26-22-8-5-20(30(32)33)14-23(22)36-25/h3-8,14,17-18H,9-13,15-16H2,1-2H3. The van der Waals surface area contributed by atoms with E-state index in [0.717, 1.165) is 16.3 Å². The fraction of sp³-hybridized carbons (Fsp3) is 0.440. The summed E-state index contributed by atoms with van der Waals surface area (Å²) in [5.41, 5.74) is 1.21. The van der Waals surface area contributed by atoms with Gasteiger partial charge in [-0.25, -0.2) is 13.4 Å². The second-order valence-electron chi connectivity index (χ2n) is 9.98. The second kappa shape index (κ2) is 9.99. The van der Waals surface area contributed by atoms with Crippen molar-refractivity contribution in [2.45, 2.75) is 25.2 Å². The molecule has 5 rings (SSSR count). The van der Waals surface area contributed by atoms with Crippen LogP contribution in [0, 0.1) is 22.0 Å². The number of non-ortho nitro benzene ring substituents is 1. The van der Waals surface area contributed by atoms with E-state index in [0.29, 0.717) is 62.2 Å². The summed E-state index contributed by atoms with van der Waals surface area (Å²) >= 11 is 1.40. The summed E-state index contributed by atoms with van der Waals surface area (Å²) in [7, 11) is -3.59. The second-order valence-corrected chi connectivity index (χ2v) is 12.9. The molecule has 2 aliphatic rings. The lowest BCUT2D eigenvalue weighted by Gasteiger charge is -2.35. The van der Waals surface area contributed by atoms with E-state index in [4.69, 9.17) is 0 Å². The van der Waals surface area contributed by atoms with Gasteiger partial charge in [-0.15, -0.1) is 0 Å². The van der Waals surface area contributed by atoms with Gasteiger partial charge in [0, 0.05) is 57.0 Å². The maximum Gasteiger partial charge on any atom is 0.270 e. The van der Waals surface area contributed by atoms with Crippen molar-refractivity contribution in [3.8, 4) is 0 Å². The molecule has 37 heavy (non-hydrogen) atoms. The fourth-order valence-corrected chi connectivity index (χ4v) is 7.88. The Morgan fingerprint density at radius 3 is 2.30 bits per heavy atom. The number of rotatable bonds is 5.